The normalized spacial score (nSPS) is 29.3. The monoisotopic (exact) mass is 289 g/mol. The molecule has 0 aliphatic heterocycles. The molecule has 1 fully saturated rings. The fourth-order valence-corrected chi connectivity index (χ4v) is 3.72. The second-order valence-corrected chi connectivity index (χ2v) is 6.36. The first-order chi connectivity index (χ1) is 10.1. The van der Waals surface area contributed by atoms with Gasteiger partial charge in [0.05, 0.1) is 5.54 Å². The summed E-state index contributed by atoms with van der Waals surface area (Å²) in [5, 5.41) is 6.29. The van der Waals surface area contributed by atoms with Crippen LogP contribution in [0, 0.1) is 0 Å². The van der Waals surface area contributed by atoms with Crippen molar-refractivity contribution in [3.63, 3.8) is 0 Å². The number of carbonyl (C=O) groups excluding carboxylic acids is 1. The van der Waals surface area contributed by atoms with Crippen molar-refractivity contribution < 1.29 is 4.79 Å². The third kappa shape index (κ3) is 3.11. The van der Waals surface area contributed by atoms with E-state index in [1.807, 2.05) is 7.05 Å². The Hall–Kier alpha value is -1.39. The van der Waals surface area contributed by atoms with E-state index in [2.05, 4.69) is 60.0 Å². The van der Waals surface area contributed by atoms with Crippen LogP contribution < -0.4 is 10.6 Å². The highest BCUT2D eigenvalue weighted by atomic mass is 16.1. The Kier molecular flexibility index (Phi) is 5.01. The summed E-state index contributed by atoms with van der Waals surface area (Å²) in [6.45, 7) is 0.823. The van der Waals surface area contributed by atoms with Gasteiger partial charge in [-0.2, -0.15) is 0 Å². The van der Waals surface area contributed by atoms with E-state index >= 15 is 0 Å². The van der Waals surface area contributed by atoms with Crippen molar-refractivity contribution >= 4 is 6.41 Å². The van der Waals surface area contributed by atoms with E-state index in [9.17, 15) is 4.79 Å². The summed E-state index contributed by atoms with van der Waals surface area (Å²) in [5.74, 6) is 0. The molecule has 1 aromatic carbocycles. The van der Waals surface area contributed by atoms with Crippen LogP contribution in [0.25, 0.3) is 0 Å². The van der Waals surface area contributed by atoms with Crippen molar-refractivity contribution in [2.75, 3.05) is 27.7 Å². The molecule has 2 rings (SSSR count). The zero-order valence-corrected chi connectivity index (χ0v) is 13.4. The number of hydrogen-bond donors (Lipinski definition) is 2. The molecule has 0 atom stereocenters. The Morgan fingerprint density at radius 3 is 2.24 bits per heavy atom. The van der Waals surface area contributed by atoms with E-state index in [4.69, 9.17) is 0 Å². The lowest BCUT2D eigenvalue weighted by Crippen LogP contribution is -2.58. The first-order valence-electron chi connectivity index (χ1n) is 7.67. The van der Waals surface area contributed by atoms with Gasteiger partial charge in [-0.05, 0) is 52.4 Å². The summed E-state index contributed by atoms with van der Waals surface area (Å²) in [5.41, 5.74) is 1.34. The number of carbonyl (C=O) groups is 1. The molecule has 1 aliphatic carbocycles. The van der Waals surface area contributed by atoms with E-state index in [1.54, 1.807) is 0 Å². The number of nitrogens with one attached hydrogen (secondary N) is 2. The quantitative estimate of drug-likeness (QED) is 0.784. The van der Waals surface area contributed by atoms with Crippen molar-refractivity contribution in [1.29, 1.82) is 0 Å². The molecule has 1 saturated carbocycles. The molecule has 0 radical (unpaired) electrons. The third-order valence-electron chi connectivity index (χ3n) is 5.08. The standard InChI is InChI=1S/C17H27N3O/c1-18-13-16(19-14-21)9-11-17(12-10-16,20(2)3)15-7-5-4-6-8-15/h4-8,14,18H,9-13H2,1-3H3,(H,19,21). The third-order valence-corrected chi connectivity index (χ3v) is 5.08. The number of rotatable bonds is 6. The second-order valence-electron chi connectivity index (χ2n) is 6.36. The lowest BCUT2D eigenvalue weighted by atomic mass is 9.68. The molecule has 0 spiro atoms. The Morgan fingerprint density at radius 2 is 1.76 bits per heavy atom. The molecule has 0 aromatic heterocycles. The fraction of sp³-hybridized carbons (Fsp3) is 0.588. The van der Waals surface area contributed by atoms with Gasteiger partial charge in [0, 0.05) is 12.1 Å². The number of amides is 1. The highest BCUT2D eigenvalue weighted by molar-refractivity contribution is 5.48. The second kappa shape index (κ2) is 6.58. The molecule has 0 unspecified atom stereocenters. The van der Waals surface area contributed by atoms with E-state index in [0.717, 1.165) is 38.6 Å². The molecular weight excluding hydrogens is 262 g/mol. The predicted octanol–water partition coefficient (Wildman–Crippen LogP) is 1.72. The van der Waals surface area contributed by atoms with Gasteiger partial charge in [0.1, 0.15) is 0 Å². The van der Waals surface area contributed by atoms with E-state index < -0.39 is 0 Å². The minimum Gasteiger partial charge on any atom is -0.352 e. The zero-order chi connectivity index (χ0) is 15.3. The van der Waals surface area contributed by atoms with Crippen LogP contribution in [0.15, 0.2) is 30.3 Å². The van der Waals surface area contributed by atoms with Gasteiger partial charge in [0.25, 0.3) is 0 Å². The van der Waals surface area contributed by atoms with Crippen LogP contribution in [0.5, 0.6) is 0 Å². The number of benzene rings is 1. The van der Waals surface area contributed by atoms with Gasteiger partial charge in [0.15, 0.2) is 0 Å². The molecule has 1 aromatic rings. The molecule has 1 amide bonds. The minimum absolute atomic E-state index is 0.0725. The van der Waals surface area contributed by atoms with Crippen LogP contribution in [-0.2, 0) is 10.3 Å². The van der Waals surface area contributed by atoms with Crippen molar-refractivity contribution in [3.8, 4) is 0 Å². The SMILES string of the molecule is CNCC1(NC=O)CCC(c2ccccc2)(N(C)C)CC1. The first kappa shape index (κ1) is 16.0. The molecule has 4 nitrogen and oxygen atoms in total. The van der Waals surface area contributed by atoms with Crippen LogP contribution in [0.3, 0.4) is 0 Å². The Morgan fingerprint density at radius 1 is 1.14 bits per heavy atom. The maximum atomic E-state index is 11.0. The summed E-state index contributed by atoms with van der Waals surface area (Å²) < 4.78 is 0. The van der Waals surface area contributed by atoms with Gasteiger partial charge in [-0.1, -0.05) is 30.3 Å². The van der Waals surface area contributed by atoms with Gasteiger partial charge in [-0.3, -0.25) is 9.69 Å². The van der Waals surface area contributed by atoms with Crippen LogP contribution in [-0.4, -0.2) is 44.5 Å². The van der Waals surface area contributed by atoms with Crippen LogP contribution in [0.2, 0.25) is 0 Å². The fourth-order valence-electron chi connectivity index (χ4n) is 3.72. The predicted molar refractivity (Wildman–Crippen MR) is 86.1 cm³/mol. The summed E-state index contributed by atoms with van der Waals surface area (Å²) >= 11 is 0. The molecule has 0 heterocycles. The first-order valence-corrected chi connectivity index (χ1v) is 7.67. The van der Waals surface area contributed by atoms with E-state index in [-0.39, 0.29) is 11.1 Å². The van der Waals surface area contributed by atoms with Crippen LogP contribution in [0.1, 0.15) is 31.2 Å². The highest BCUT2D eigenvalue weighted by Gasteiger charge is 2.44. The smallest absolute Gasteiger partial charge is 0.207 e. The average molecular weight is 289 g/mol. The van der Waals surface area contributed by atoms with E-state index in [0.29, 0.717) is 0 Å². The minimum atomic E-state index is -0.106. The van der Waals surface area contributed by atoms with Gasteiger partial charge in [-0.25, -0.2) is 0 Å². The molecule has 4 heteroatoms. The molecule has 1 aliphatic rings. The molecule has 21 heavy (non-hydrogen) atoms. The molecule has 116 valence electrons. The van der Waals surface area contributed by atoms with Crippen molar-refractivity contribution in [2.45, 2.75) is 36.8 Å². The topological polar surface area (TPSA) is 44.4 Å². The van der Waals surface area contributed by atoms with Gasteiger partial charge >= 0.3 is 0 Å². The lowest BCUT2D eigenvalue weighted by molar-refractivity contribution is -0.112. The molecule has 2 N–H and O–H groups in total. The summed E-state index contributed by atoms with van der Waals surface area (Å²) in [6.07, 6.45) is 4.92. The highest BCUT2D eigenvalue weighted by Crippen LogP contribution is 2.44. The van der Waals surface area contributed by atoms with Crippen molar-refractivity contribution in [2.24, 2.45) is 0 Å². The number of hydrogen-bond acceptors (Lipinski definition) is 3. The summed E-state index contributed by atoms with van der Waals surface area (Å²) in [6, 6.07) is 10.7. The van der Waals surface area contributed by atoms with E-state index in [1.165, 1.54) is 5.56 Å². The molecule has 0 bridgehead atoms. The van der Waals surface area contributed by atoms with Gasteiger partial charge in [0.2, 0.25) is 6.41 Å². The number of nitrogens with zero attached hydrogens (tertiary/aromatic N) is 1. The van der Waals surface area contributed by atoms with Crippen molar-refractivity contribution in [1.82, 2.24) is 15.5 Å². The zero-order valence-electron chi connectivity index (χ0n) is 13.4. The van der Waals surface area contributed by atoms with Gasteiger partial charge in [-0.15, -0.1) is 0 Å². The van der Waals surface area contributed by atoms with Crippen LogP contribution in [0.4, 0.5) is 0 Å². The summed E-state index contributed by atoms with van der Waals surface area (Å²) in [4.78, 5) is 13.3. The summed E-state index contributed by atoms with van der Waals surface area (Å²) in [7, 11) is 6.26. The number of likely N-dealkylation sites (N-methyl/N-ethyl adjacent to an activating group) is 1. The Balaban J connectivity index is 2.23. The maximum Gasteiger partial charge on any atom is 0.207 e. The molecular formula is C17H27N3O. The Bertz CT molecular complexity index is 450. The average Bonchev–Trinajstić information content (AvgIpc) is 2.49. The lowest BCUT2D eigenvalue weighted by Gasteiger charge is -2.50. The van der Waals surface area contributed by atoms with Gasteiger partial charge < -0.3 is 10.6 Å². The van der Waals surface area contributed by atoms with Crippen molar-refractivity contribution in [3.05, 3.63) is 35.9 Å². The Labute approximate surface area is 127 Å². The van der Waals surface area contributed by atoms with Crippen LogP contribution >= 0.6 is 0 Å². The largest absolute Gasteiger partial charge is 0.352 e. The maximum absolute atomic E-state index is 11.0. The molecule has 0 saturated heterocycles.